The summed E-state index contributed by atoms with van der Waals surface area (Å²) in [5.41, 5.74) is 2.69. The number of halogens is 1. The molecule has 0 spiro atoms. The van der Waals surface area contributed by atoms with Gasteiger partial charge in [0.1, 0.15) is 6.10 Å². The molecule has 2 rings (SSSR count). The van der Waals surface area contributed by atoms with E-state index in [2.05, 4.69) is 16.9 Å². The Morgan fingerprint density at radius 3 is 2.71 bits per heavy atom. The summed E-state index contributed by atoms with van der Waals surface area (Å²) in [5, 5.41) is 15.6. The first kappa shape index (κ1) is 16.0. The van der Waals surface area contributed by atoms with E-state index in [0.29, 0.717) is 17.3 Å². The highest BCUT2D eigenvalue weighted by molar-refractivity contribution is 6.31. The number of aliphatic hydroxyl groups is 1. The molecular formula is C16H22ClN3O. The molecule has 1 atom stereocenters. The summed E-state index contributed by atoms with van der Waals surface area (Å²) in [6, 6.07) is 7.91. The number of aryl methyl sites for hydroxylation is 1. The molecule has 4 nitrogen and oxygen atoms in total. The summed E-state index contributed by atoms with van der Waals surface area (Å²) in [6.45, 7) is 3.62. The highest BCUT2D eigenvalue weighted by Gasteiger charge is 2.21. The molecule has 1 aromatic carbocycles. The molecule has 21 heavy (non-hydrogen) atoms. The van der Waals surface area contributed by atoms with Crippen molar-refractivity contribution in [3.05, 3.63) is 52.3 Å². The van der Waals surface area contributed by atoms with E-state index in [9.17, 15) is 5.11 Å². The molecule has 1 N–H and O–H groups in total. The van der Waals surface area contributed by atoms with Crippen molar-refractivity contribution in [3.8, 4) is 0 Å². The maximum absolute atomic E-state index is 10.8. The predicted octanol–water partition coefficient (Wildman–Crippen LogP) is 2.74. The molecule has 1 heterocycles. The molecule has 0 amide bonds. The fourth-order valence-electron chi connectivity index (χ4n) is 2.39. The van der Waals surface area contributed by atoms with E-state index in [4.69, 9.17) is 11.6 Å². The van der Waals surface area contributed by atoms with Crippen LogP contribution in [0.25, 0.3) is 0 Å². The van der Waals surface area contributed by atoms with Crippen LogP contribution in [0.3, 0.4) is 0 Å². The number of hydrogen-bond donors (Lipinski definition) is 1. The lowest BCUT2D eigenvalue weighted by molar-refractivity contribution is 0.204. The lowest BCUT2D eigenvalue weighted by Gasteiger charge is -2.18. The molecule has 0 aliphatic rings. The number of rotatable bonds is 6. The van der Waals surface area contributed by atoms with E-state index in [1.54, 1.807) is 10.9 Å². The fraction of sp³-hybridized carbons (Fsp3) is 0.438. The zero-order valence-electron chi connectivity index (χ0n) is 12.8. The van der Waals surface area contributed by atoms with Gasteiger partial charge < -0.3 is 10.0 Å². The fourth-order valence-corrected chi connectivity index (χ4v) is 2.63. The van der Waals surface area contributed by atoms with Crippen LogP contribution < -0.4 is 0 Å². The summed E-state index contributed by atoms with van der Waals surface area (Å²) < 4.78 is 1.79. The Morgan fingerprint density at radius 2 is 2.05 bits per heavy atom. The standard InChI is InChI=1S/C16H22ClN3O/c1-4-12-7-5-6-8-13(12)16(21)15-14(17)11-18-20(15)10-9-19(2)3/h5-8,11,16,21H,4,9-10H2,1-3H3. The smallest absolute Gasteiger partial charge is 0.122 e. The maximum Gasteiger partial charge on any atom is 0.122 e. The third kappa shape index (κ3) is 3.64. The number of hydrogen-bond acceptors (Lipinski definition) is 3. The Hall–Kier alpha value is -1.36. The van der Waals surface area contributed by atoms with Crippen molar-refractivity contribution in [2.75, 3.05) is 20.6 Å². The van der Waals surface area contributed by atoms with Crippen LogP contribution in [-0.4, -0.2) is 40.4 Å². The lowest BCUT2D eigenvalue weighted by Crippen LogP contribution is -2.21. The highest BCUT2D eigenvalue weighted by atomic mass is 35.5. The maximum atomic E-state index is 10.8. The molecule has 1 unspecified atom stereocenters. The first-order valence-electron chi connectivity index (χ1n) is 7.16. The van der Waals surface area contributed by atoms with E-state index in [1.807, 2.05) is 38.4 Å². The lowest BCUT2D eigenvalue weighted by atomic mass is 9.98. The second-order valence-corrected chi connectivity index (χ2v) is 5.77. The molecule has 0 radical (unpaired) electrons. The van der Waals surface area contributed by atoms with Crippen molar-refractivity contribution in [1.29, 1.82) is 0 Å². The average Bonchev–Trinajstić information content (AvgIpc) is 2.85. The largest absolute Gasteiger partial charge is 0.382 e. The molecule has 1 aromatic heterocycles. The minimum Gasteiger partial charge on any atom is -0.382 e. The van der Waals surface area contributed by atoms with E-state index in [1.165, 1.54) is 0 Å². The second-order valence-electron chi connectivity index (χ2n) is 5.36. The first-order chi connectivity index (χ1) is 10.0. The van der Waals surface area contributed by atoms with Crippen LogP contribution in [0.4, 0.5) is 0 Å². The number of benzene rings is 1. The quantitative estimate of drug-likeness (QED) is 0.892. The van der Waals surface area contributed by atoms with Gasteiger partial charge in [0.15, 0.2) is 0 Å². The molecule has 5 heteroatoms. The summed E-state index contributed by atoms with van der Waals surface area (Å²) >= 11 is 6.24. The average molecular weight is 308 g/mol. The topological polar surface area (TPSA) is 41.3 Å². The van der Waals surface area contributed by atoms with Gasteiger partial charge in [0.05, 0.1) is 23.5 Å². The van der Waals surface area contributed by atoms with Gasteiger partial charge in [-0.05, 0) is 31.6 Å². The van der Waals surface area contributed by atoms with Crippen LogP contribution in [0.1, 0.15) is 29.8 Å². The van der Waals surface area contributed by atoms with Gasteiger partial charge >= 0.3 is 0 Å². The molecule has 0 aliphatic heterocycles. The summed E-state index contributed by atoms with van der Waals surface area (Å²) in [4.78, 5) is 2.08. The Labute approximate surface area is 131 Å². The summed E-state index contributed by atoms with van der Waals surface area (Å²) in [6.07, 6.45) is 1.72. The predicted molar refractivity (Wildman–Crippen MR) is 85.7 cm³/mol. The number of aliphatic hydroxyl groups excluding tert-OH is 1. The van der Waals surface area contributed by atoms with Crippen LogP contribution in [0, 0.1) is 0 Å². The molecule has 0 bridgehead atoms. The summed E-state index contributed by atoms with van der Waals surface area (Å²) in [7, 11) is 4.02. The van der Waals surface area contributed by atoms with Crippen molar-refractivity contribution in [1.82, 2.24) is 14.7 Å². The van der Waals surface area contributed by atoms with E-state index >= 15 is 0 Å². The van der Waals surface area contributed by atoms with E-state index in [0.717, 1.165) is 24.1 Å². The molecule has 0 saturated heterocycles. The van der Waals surface area contributed by atoms with Crippen LogP contribution >= 0.6 is 11.6 Å². The number of aromatic nitrogens is 2. The minimum atomic E-state index is -0.752. The first-order valence-corrected chi connectivity index (χ1v) is 7.54. The van der Waals surface area contributed by atoms with Gasteiger partial charge in [-0.15, -0.1) is 0 Å². The van der Waals surface area contributed by atoms with Crippen LogP contribution in [-0.2, 0) is 13.0 Å². The molecule has 2 aromatic rings. The third-order valence-corrected chi connectivity index (χ3v) is 3.87. The van der Waals surface area contributed by atoms with Crippen LogP contribution in [0.5, 0.6) is 0 Å². The molecule has 0 aliphatic carbocycles. The van der Waals surface area contributed by atoms with Crippen molar-refractivity contribution in [2.45, 2.75) is 26.0 Å². The van der Waals surface area contributed by atoms with Gasteiger partial charge in [-0.1, -0.05) is 42.8 Å². The Kier molecular flexibility index (Phi) is 5.39. The van der Waals surface area contributed by atoms with Gasteiger partial charge in [0, 0.05) is 6.54 Å². The van der Waals surface area contributed by atoms with E-state index in [-0.39, 0.29) is 0 Å². The third-order valence-electron chi connectivity index (χ3n) is 3.58. The van der Waals surface area contributed by atoms with Gasteiger partial charge in [0.25, 0.3) is 0 Å². The van der Waals surface area contributed by atoms with E-state index < -0.39 is 6.10 Å². The molecular weight excluding hydrogens is 286 g/mol. The molecule has 0 saturated carbocycles. The summed E-state index contributed by atoms with van der Waals surface area (Å²) in [5.74, 6) is 0. The van der Waals surface area contributed by atoms with Crippen LogP contribution in [0.15, 0.2) is 30.5 Å². The zero-order chi connectivity index (χ0) is 15.4. The molecule has 114 valence electrons. The number of likely N-dealkylation sites (N-methyl/N-ethyl adjacent to an activating group) is 1. The second kappa shape index (κ2) is 7.07. The Morgan fingerprint density at radius 1 is 1.33 bits per heavy atom. The Bertz CT molecular complexity index is 595. The van der Waals surface area contributed by atoms with Gasteiger partial charge in [0.2, 0.25) is 0 Å². The number of nitrogens with zero attached hydrogens (tertiary/aromatic N) is 3. The van der Waals surface area contributed by atoms with Crippen molar-refractivity contribution < 1.29 is 5.11 Å². The van der Waals surface area contributed by atoms with Gasteiger partial charge in [-0.2, -0.15) is 5.10 Å². The normalized spacial score (nSPS) is 12.9. The minimum absolute atomic E-state index is 0.507. The molecule has 0 fully saturated rings. The SMILES string of the molecule is CCc1ccccc1C(O)c1c(Cl)cnn1CCN(C)C. The zero-order valence-corrected chi connectivity index (χ0v) is 13.5. The van der Waals surface area contributed by atoms with Crippen molar-refractivity contribution in [3.63, 3.8) is 0 Å². The van der Waals surface area contributed by atoms with Crippen molar-refractivity contribution >= 4 is 11.6 Å². The van der Waals surface area contributed by atoms with Crippen molar-refractivity contribution in [2.24, 2.45) is 0 Å². The van der Waals surface area contributed by atoms with Gasteiger partial charge in [-0.3, -0.25) is 4.68 Å². The van der Waals surface area contributed by atoms with Crippen LogP contribution in [0.2, 0.25) is 5.02 Å². The Balaban J connectivity index is 2.34. The monoisotopic (exact) mass is 307 g/mol. The van der Waals surface area contributed by atoms with Gasteiger partial charge in [-0.25, -0.2) is 0 Å². The highest BCUT2D eigenvalue weighted by Crippen LogP contribution is 2.30.